The maximum absolute atomic E-state index is 13.4. The molecule has 1 aliphatic rings. The Morgan fingerprint density at radius 2 is 1.90 bits per heavy atom. The van der Waals surface area contributed by atoms with Crippen LogP contribution in [0.15, 0.2) is 18.2 Å². The van der Waals surface area contributed by atoms with Gasteiger partial charge in [0.25, 0.3) is 0 Å². The van der Waals surface area contributed by atoms with Gasteiger partial charge >= 0.3 is 6.03 Å². The number of anilines is 1. The van der Waals surface area contributed by atoms with Gasteiger partial charge in [-0.1, -0.05) is 0 Å². The van der Waals surface area contributed by atoms with Crippen molar-refractivity contribution in [3.8, 4) is 0 Å². The summed E-state index contributed by atoms with van der Waals surface area (Å²) in [6, 6.07) is 2.46. The van der Waals surface area contributed by atoms with Crippen molar-refractivity contribution in [1.29, 1.82) is 0 Å². The van der Waals surface area contributed by atoms with Crippen LogP contribution in [0, 0.1) is 17.6 Å². The smallest absolute Gasteiger partial charge is 0.321 e. The summed E-state index contributed by atoms with van der Waals surface area (Å²) in [4.78, 5) is 24.4. The molecule has 1 aliphatic heterocycles. The molecule has 0 atom stereocenters. The average molecular weight is 283 g/mol. The molecule has 108 valence electrons. The van der Waals surface area contributed by atoms with Crippen molar-refractivity contribution in [1.82, 2.24) is 4.90 Å². The van der Waals surface area contributed by atoms with Gasteiger partial charge < -0.3 is 16.0 Å². The third-order valence-electron chi connectivity index (χ3n) is 3.36. The molecule has 1 aromatic rings. The molecule has 7 heteroatoms. The molecule has 3 N–H and O–H groups in total. The number of primary amides is 1. The lowest BCUT2D eigenvalue weighted by atomic mass is 9.96. The third-order valence-corrected chi connectivity index (χ3v) is 3.36. The van der Waals surface area contributed by atoms with Gasteiger partial charge in [-0.25, -0.2) is 13.6 Å². The topological polar surface area (TPSA) is 75.4 Å². The molecule has 3 amide bonds. The normalized spacial score (nSPS) is 16.0. The number of hydrogen-bond donors (Lipinski definition) is 2. The number of halogens is 2. The molecule has 1 fully saturated rings. The van der Waals surface area contributed by atoms with Crippen LogP contribution in [0.5, 0.6) is 0 Å². The van der Waals surface area contributed by atoms with Crippen molar-refractivity contribution in [3.05, 3.63) is 29.8 Å². The molecule has 5 nitrogen and oxygen atoms in total. The van der Waals surface area contributed by atoms with E-state index >= 15 is 0 Å². The van der Waals surface area contributed by atoms with Gasteiger partial charge in [-0.15, -0.1) is 0 Å². The van der Waals surface area contributed by atoms with Crippen molar-refractivity contribution < 1.29 is 18.4 Å². The zero-order valence-electron chi connectivity index (χ0n) is 10.7. The standard InChI is InChI=1S/C13H15F2N3O2/c14-9-1-2-11(10(15)7-9)17-13(20)18-5-3-8(4-6-18)12(16)19/h1-2,7-8H,3-6H2,(H2,16,19)(H,17,20). The number of carbonyl (C=O) groups excluding carboxylic acids is 2. The van der Waals surface area contributed by atoms with E-state index in [0.717, 1.165) is 6.07 Å². The fourth-order valence-corrected chi connectivity index (χ4v) is 2.15. The van der Waals surface area contributed by atoms with Crippen LogP contribution < -0.4 is 11.1 Å². The van der Waals surface area contributed by atoms with Crippen LogP contribution in [0.3, 0.4) is 0 Å². The Morgan fingerprint density at radius 3 is 2.45 bits per heavy atom. The Hall–Kier alpha value is -2.18. The Labute approximate surface area is 114 Å². The van der Waals surface area contributed by atoms with Gasteiger partial charge in [0.05, 0.1) is 5.69 Å². The zero-order valence-corrected chi connectivity index (χ0v) is 10.7. The summed E-state index contributed by atoms with van der Waals surface area (Å²) in [6.45, 7) is 0.754. The van der Waals surface area contributed by atoms with Crippen LogP contribution >= 0.6 is 0 Å². The first-order valence-corrected chi connectivity index (χ1v) is 6.27. The minimum absolute atomic E-state index is 0.0755. The molecule has 0 unspecified atom stereocenters. The average Bonchev–Trinajstić information content (AvgIpc) is 2.42. The van der Waals surface area contributed by atoms with Crippen LogP contribution in [-0.4, -0.2) is 29.9 Å². The number of carbonyl (C=O) groups is 2. The summed E-state index contributed by atoms with van der Waals surface area (Å²) in [5.74, 6) is -2.12. The molecule has 2 rings (SSSR count). The molecule has 1 saturated heterocycles. The second kappa shape index (κ2) is 5.85. The number of nitrogens with one attached hydrogen (secondary N) is 1. The number of urea groups is 1. The number of rotatable bonds is 2. The minimum atomic E-state index is -0.828. The molecule has 1 heterocycles. The quantitative estimate of drug-likeness (QED) is 0.866. The monoisotopic (exact) mass is 283 g/mol. The van der Waals surface area contributed by atoms with E-state index < -0.39 is 17.7 Å². The molecule has 20 heavy (non-hydrogen) atoms. The first-order valence-electron chi connectivity index (χ1n) is 6.27. The van der Waals surface area contributed by atoms with Crippen LogP contribution in [0.1, 0.15) is 12.8 Å². The lowest BCUT2D eigenvalue weighted by molar-refractivity contribution is -0.122. The highest BCUT2D eigenvalue weighted by Crippen LogP contribution is 2.19. The maximum atomic E-state index is 13.4. The van der Waals surface area contributed by atoms with E-state index in [0.29, 0.717) is 32.0 Å². The van der Waals surface area contributed by atoms with E-state index in [9.17, 15) is 18.4 Å². The molecular formula is C13H15F2N3O2. The van der Waals surface area contributed by atoms with E-state index in [1.54, 1.807) is 0 Å². The second-order valence-electron chi connectivity index (χ2n) is 4.72. The molecule has 0 spiro atoms. The molecular weight excluding hydrogens is 268 g/mol. The number of amides is 3. The summed E-state index contributed by atoms with van der Waals surface area (Å²) in [5, 5.41) is 2.38. The van der Waals surface area contributed by atoms with E-state index in [1.807, 2.05) is 0 Å². The highest BCUT2D eigenvalue weighted by Gasteiger charge is 2.26. The lowest BCUT2D eigenvalue weighted by Gasteiger charge is -2.30. The number of likely N-dealkylation sites (tertiary alicyclic amines) is 1. The molecule has 0 aliphatic carbocycles. The number of nitrogens with zero attached hydrogens (tertiary/aromatic N) is 1. The lowest BCUT2D eigenvalue weighted by Crippen LogP contribution is -2.43. The largest absolute Gasteiger partial charge is 0.369 e. The Morgan fingerprint density at radius 1 is 1.25 bits per heavy atom. The first kappa shape index (κ1) is 14.2. The van der Waals surface area contributed by atoms with Crippen molar-refractivity contribution in [3.63, 3.8) is 0 Å². The first-order chi connectivity index (χ1) is 9.47. The molecule has 0 radical (unpaired) electrons. The van der Waals surface area contributed by atoms with Crippen molar-refractivity contribution in [2.75, 3.05) is 18.4 Å². The van der Waals surface area contributed by atoms with Crippen LogP contribution in [0.25, 0.3) is 0 Å². The Balaban J connectivity index is 1.94. The fourth-order valence-electron chi connectivity index (χ4n) is 2.15. The van der Waals surface area contributed by atoms with Gasteiger partial charge in [0.15, 0.2) is 0 Å². The molecule has 0 saturated carbocycles. The van der Waals surface area contributed by atoms with E-state index in [4.69, 9.17) is 5.73 Å². The summed E-state index contributed by atoms with van der Waals surface area (Å²) in [6.07, 6.45) is 0.989. The molecule has 1 aromatic carbocycles. The fraction of sp³-hybridized carbons (Fsp3) is 0.385. The summed E-state index contributed by atoms with van der Waals surface area (Å²) >= 11 is 0. The summed E-state index contributed by atoms with van der Waals surface area (Å²) < 4.78 is 26.2. The van der Waals surface area contributed by atoms with Crippen molar-refractivity contribution >= 4 is 17.6 Å². The van der Waals surface area contributed by atoms with E-state index in [2.05, 4.69) is 5.32 Å². The minimum Gasteiger partial charge on any atom is -0.369 e. The van der Waals surface area contributed by atoms with Gasteiger partial charge in [0, 0.05) is 25.1 Å². The van der Waals surface area contributed by atoms with Gasteiger partial charge in [0.1, 0.15) is 11.6 Å². The van der Waals surface area contributed by atoms with Crippen molar-refractivity contribution in [2.24, 2.45) is 11.7 Å². The highest BCUT2D eigenvalue weighted by atomic mass is 19.1. The molecule has 0 aromatic heterocycles. The van der Waals surface area contributed by atoms with E-state index in [-0.39, 0.29) is 17.5 Å². The second-order valence-corrected chi connectivity index (χ2v) is 4.72. The van der Waals surface area contributed by atoms with Gasteiger partial charge in [-0.2, -0.15) is 0 Å². The number of piperidine rings is 1. The third kappa shape index (κ3) is 3.23. The summed E-state index contributed by atoms with van der Waals surface area (Å²) in [5.41, 5.74) is 5.13. The van der Waals surface area contributed by atoms with Gasteiger partial charge in [-0.05, 0) is 25.0 Å². The maximum Gasteiger partial charge on any atom is 0.321 e. The van der Waals surface area contributed by atoms with E-state index in [1.165, 1.54) is 11.0 Å². The number of benzene rings is 1. The van der Waals surface area contributed by atoms with Crippen LogP contribution in [0.4, 0.5) is 19.3 Å². The van der Waals surface area contributed by atoms with Gasteiger partial charge in [0.2, 0.25) is 5.91 Å². The SMILES string of the molecule is NC(=O)C1CCN(C(=O)Nc2ccc(F)cc2F)CC1. The van der Waals surface area contributed by atoms with Gasteiger partial charge in [-0.3, -0.25) is 4.79 Å². The highest BCUT2D eigenvalue weighted by molar-refractivity contribution is 5.89. The number of hydrogen-bond acceptors (Lipinski definition) is 2. The predicted molar refractivity (Wildman–Crippen MR) is 68.9 cm³/mol. The zero-order chi connectivity index (χ0) is 14.7. The van der Waals surface area contributed by atoms with Crippen LogP contribution in [-0.2, 0) is 4.79 Å². The molecule has 0 bridgehead atoms. The Kier molecular flexibility index (Phi) is 4.16. The summed E-state index contributed by atoms with van der Waals surface area (Å²) in [7, 11) is 0. The number of nitrogens with two attached hydrogens (primary N) is 1. The van der Waals surface area contributed by atoms with Crippen LogP contribution in [0.2, 0.25) is 0 Å². The van der Waals surface area contributed by atoms with Crippen molar-refractivity contribution in [2.45, 2.75) is 12.8 Å². The Bertz CT molecular complexity index is 528. The predicted octanol–water partition coefficient (Wildman–Crippen LogP) is 1.69.